The number of carboxylic acids is 1. The highest BCUT2D eigenvalue weighted by molar-refractivity contribution is 5.73. The van der Waals surface area contributed by atoms with Crippen LogP contribution in [-0.2, 0) is 20.7 Å². The van der Waals surface area contributed by atoms with E-state index in [1.54, 1.807) is 44.2 Å². The molecule has 2 aromatic carbocycles. The fourth-order valence-electron chi connectivity index (χ4n) is 3.66. The van der Waals surface area contributed by atoms with Crippen molar-refractivity contribution in [2.75, 3.05) is 32.9 Å². The van der Waals surface area contributed by atoms with E-state index in [4.69, 9.17) is 14.2 Å². The summed E-state index contributed by atoms with van der Waals surface area (Å²) in [6.07, 6.45) is -13.2. The van der Waals surface area contributed by atoms with Crippen LogP contribution < -0.4 is 9.47 Å². The second-order valence-electron chi connectivity index (χ2n) is 9.25. The van der Waals surface area contributed by atoms with Crippen LogP contribution in [0.2, 0.25) is 0 Å². The molecule has 0 aromatic heterocycles. The van der Waals surface area contributed by atoms with Crippen molar-refractivity contribution in [2.45, 2.75) is 58.9 Å². The molecular weight excluding hydrogens is 557 g/mol. The number of halogens is 5. The quantitative estimate of drug-likeness (QED) is 0.198. The second kappa shape index (κ2) is 15.0. The Morgan fingerprint density at radius 1 is 0.927 bits per heavy atom. The van der Waals surface area contributed by atoms with Crippen molar-refractivity contribution in [1.82, 2.24) is 4.90 Å². The van der Waals surface area contributed by atoms with E-state index >= 15 is 0 Å². The van der Waals surface area contributed by atoms with Crippen LogP contribution in [-0.4, -0.2) is 73.4 Å². The Bertz CT molecular complexity index is 1160. The summed E-state index contributed by atoms with van der Waals surface area (Å²) in [5.41, 5.74) is 3.23. The van der Waals surface area contributed by atoms with Gasteiger partial charge in [0, 0.05) is 19.6 Å². The molecule has 0 radical (unpaired) electrons. The smallest absolute Gasteiger partial charge is 0.482 e. The van der Waals surface area contributed by atoms with Gasteiger partial charge in [0.1, 0.15) is 18.1 Å². The number of alkyl halides is 5. The van der Waals surface area contributed by atoms with Gasteiger partial charge in [-0.3, -0.25) is 0 Å². The standard InChI is InChI=1S/C28H34F5NO7/c1-5-38-24(25(35)36)17-21-7-9-22(10-8-21)39-14-12-34(11-6-13-40-28(32,33)27(29,30)31)26(37)41-23-16-19(3)18(2)15-20(23)4/h7-10,15-16,24H,5-6,11-14,17H2,1-4H3,(H,35,36). The Balaban J connectivity index is 2.03. The third kappa shape index (κ3) is 10.5. The minimum Gasteiger partial charge on any atom is -0.492 e. The largest absolute Gasteiger partial charge is 0.492 e. The van der Waals surface area contributed by atoms with Gasteiger partial charge in [-0.2, -0.15) is 22.0 Å². The molecule has 0 aliphatic rings. The summed E-state index contributed by atoms with van der Waals surface area (Å²) in [4.78, 5) is 25.3. The molecule has 0 spiro atoms. The van der Waals surface area contributed by atoms with Gasteiger partial charge in [0.05, 0.1) is 13.2 Å². The average molecular weight is 592 g/mol. The molecule has 1 N–H and O–H groups in total. The third-order valence-corrected chi connectivity index (χ3v) is 6.05. The zero-order valence-corrected chi connectivity index (χ0v) is 23.2. The summed E-state index contributed by atoms with van der Waals surface area (Å²) in [6, 6.07) is 10.0. The van der Waals surface area contributed by atoms with E-state index < -0.39 is 37.1 Å². The minimum absolute atomic E-state index is 0.0589. The Hall–Kier alpha value is -3.45. The maximum atomic E-state index is 13.1. The van der Waals surface area contributed by atoms with Crippen molar-refractivity contribution < 1.29 is 55.6 Å². The molecule has 0 aliphatic heterocycles. The molecule has 0 aliphatic carbocycles. The van der Waals surface area contributed by atoms with Crippen LogP contribution in [0, 0.1) is 20.8 Å². The molecule has 228 valence electrons. The lowest BCUT2D eigenvalue weighted by Crippen LogP contribution is -2.41. The molecule has 0 saturated carbocycles. The lowest BCUT2D eigenvalue weighted by molar-refractivity contribution is -0.391. The highest BCUT2D eigenvalue weighted by Gasteiger charge is 2.59. The predicted octanol–water partition coefficient (Wildman–Crippen LogP) is 6.09. The van der Waals surface area contributed by atoms with E-state index in [1.165, 1.54) is 0 Å². The monoisotopic (exact) mass is 591 g/mol. The van der Waals surface area contributed by atoms with Crippen LogP contribution in [0.1, 0.15) is 35.6 Å². The number of nitrogens with zero attached hydrogens (tertiary/aromatic N) is 1. The number of carbonyl (C=O) groups is 2. The number of amides is 1. The third-order valence-electron chi connectivity index (χ3n) is 6.05. The number of benzene rings is 2. The minimum atomic E-state index is -5.85. The van der Waals surface area contributed by atoms with Crippen molar-refractivity contribution in [3.63, 3.8) is 0 Å². The van der Waals surface area contributed by atoms with Crippen LogP contribution in [0.3, 0.4) is 0 Å². The molecule has 0 bridgehead atoms. The van der Waals surface area contributed by atoms with Gasteiger partial charge in [-0.15, -0.1) is 0 Å². The Morgan fingerprint density at radius 2 is 1.56 bits per heavy atom. The number of carboxylic acid groups (broad SMARTS) is 1. The van der Waals surface area contributed by atoms with Gasteiger partial charge < -0.3 is 29.0 Å². The van der Waals surface area contributed by atoms with E-state index in [0.29, 0.717) is 16.9 Å². The van der Waals surface area contributed by atoms with E-state index in [2.05, 4.69) is 4.74 Å². The molecule has 8 nitrogen and oxygen atoms in total. The maximum absolute atomic E-state index is 13.1. The first-order valence-electron chi connectivity index (χ1n) is 12.8. The number of aryl methyl sites for hydroxylation is 3. The van der Waals surface area contributed by atoms with Crippen molar-refractivity contribution in [1.29, 1.82) is 0 Å². The van der Waals surface area contributed by atoms with E-state index in [0.717, 1.165) is 16.0 Å². The summed E-state index contributed by atoms with van der Waals surface area (Å²) < 4.78 is 83.3. The van der Waals surface area contributed by atoms with Gasteiger partial charge in [-0.1, -0.05) is 18.2 Å². The number of hydrogen-bond donors (Lipinski definition) is 1. The first-order chi connectivity index (χ1) is 19.1. The fraction of sp³-hybridized carbons (Fsp3) is 0.500. The van der Waals surface area contributed by atoms with Gasteiger partial charge in [-0.05, 0) is 74.6 Å². The number of hydrogen-bond acceptors (Lipinski definition) is 6. The predicted molar refractivity (Wildman–Crippen MR) is 139 cm³/mol. The fourth-order valence-corrected chi connectivity index (χ4v) is 3.66. The molecule has 2 rings (SSSR count). The van der Waals surface area contributed by atoms with E-state index in [9.17, 15) is 36.6 Å². The van der Waals surface area contributed by atoms with Crippen LogP contribution >= 0.6 is 0 Å². The molecule has 1 atom stereocenters. The highest BCUT2D eigenvalue weighted by atomic mass is 19.4. The highest BCUT2D eigenvalue weighted by Crippen LogP contribution is 2.36. The molecule has 0 fully saturated rings. The van der Waals surface area contributed by atoms with Crippen molar-refractivity contribution in [2.24, 2.45) is 0 Å². The Kier molecular flexibility index (Phi) is 12.3. The molecule has 0 heterocycles. The number of aliphatic carboxylic acids is 1. The molecule has 0 saturated heterocycles. The lowest BCUT2D eigenvalue weighted by Gasteiger charge is -2.24. The van der Waals surface area contributed by atoms with Crippen LogP contribution in [0.5, 0.6) is 11.5 Å². The van der Waals surface area contributed by atoms with E-state index in [1.807, 2.05) is 19.9 Å². The summed E-state index contributed by atoms with van der Waals surface area (Å²) in [5, 5.41) is 9.23. The van der Waals surface area contributed by atoms with Crippen LogP contribution in [0.15, 0.2) is 36.4 Å². The van der Waals surface area contributed by atoms with Crippen molar-refractivity contribution in [3.05, 3.63) is 58.7 Å². The summed E-state index contributed by atoms with van der Waals surface area (Å²) >= 11 is 0. The van der Waals surface area contributed by atoms with Gasteiger partial charge in [0.2, 0.25) is 0 Å². The lowest BCUT2D eigenvalue weighted by atomic mass is 10.1. The summed E-state index contributed by atoms with van der Waals surface area (Å²) in [6.45, 7) is 6.07. The van der Waals surface area contributed by atoms with Crippen molar-refractivity contribution in [3.8, 4) is 11.5 Å². The zero-order valence-electron chi connectivity index (χ0n) is 23.2. The molecule has 1 amide bonds. The SMILES string of the molecule is CCOC(Cc1ccc(OCCN(CCCOC(F)(F)C(F)(F)F)C(=O)Oc2cc(C)c(C)cc2C)cc1)C(=O)O. The Morgan fingerprint density at radius 3 is 2.15 bits per heavy atom. The maximum Gasteiger partial charge on any atom is 0.482 e. The van der Waals surface area contributed by atoms with Gasteiger partial charge >= 0.3 is 24.3 Å². The first kappa shape index (κ1) is 33.8. The normalized spacial score (nSPS) is 12.6. The van der Waals surface area contributed by atoms with Crippen molar-refractivity contribution >= 4 is 12.1 Å². The van der Waals surface area contributed by atoms with Gasteiger partial charge in [0.15, 0.2) is 6.10 Å². The zero-order chi connectivity index (χ0) is 30.8. The molecule has 13 heteroatoms. The van der Waals surface area contributed by atoms with Gasteiger partial charge in [0.25, 0.3) is 0 Å². The number of carbonyl (C=O) groups excluding carboxylic acids is 1. The first-order valence-corrected chi connectivity index (χ1v) is 12.8. The van der Waals surface area contributed by atoms with Gasteiger partial charge in [-0.25, -0.2) is 9.59 Å². The number of rotatable bonds is 15. The summed E-state index contributed by atoms with van der Waals surface area (Å²) in [7, 11) is 0. The molecule has 41 heavy (non-hydrogen) atoms. The molecule has 1 unspecified atom stereocenters. The topological polar surface area (TPSA) is 94.5 Å². The second-order valence-corrected chi connectivity index (χ2v) is 9.25. The Labute approximate surface area is 234 Å². The molecular formula is C28H34F5NO7. The van der Waals surface area contributed by atoms with Crippen LogP contribution in [0.25, 0.3) is 0 Å². The summed E-state index contributed by atoms with van der Waals surface area (Å²) in [5.74, 6) is -0.391. The van der Waals surface area contributed by atoms with E-state index in [-0.39, 0.29) is 44.9 Å². The number of ether oxygens (including phenoxy) is 4. The average Bonchev–Trinajstić information content (AvgIpc) is 2.88. The molecule has 2 aromatic rings. The van der Waals surface area contributed by atoms with Crippen LogP contribution in [0.4, 0.5) is 26.7 Å².